The Morgan fingerprint density at radius 2 is 1.32 bits per heavy atom. The molecule has 0 saturated heterocycles. The number of amides is 3. The Balaban J connectivity index is 3.11. The molecule has 226 valence electrons. The van der Waals surface area contributed by atoms with Gasteiger partial charge in [0.05, 0.1) is 0 Å². The molecule has 0 spiro atoms. The SMILES string of the molecule is CC(C)C[C@H](NC(=O)OC(C)(C)C)C(=O)N(C)[C@H](CC(C)C)C(=O)N[C@H](CC(C)C)C(=O)OCc1ccccc1. The average Bonchev–Trinajstić information content (AvgIpc) is 2.82. The van der Waals surface area contributed by atoms with Crippen molar-refractivity contribution >= 4 is 23.9 Å². The van der Waals surface area contributed by atoms with E-state index in [9.17, 15) is 19.2 Å². The number of benzene rings is 1. The molecule has 3 amide bonds. The summed E-state index contributed by atoms with van der Waals surface area (Å²) in [7, 11) is 1.56. The first kappa shape index (κ1) is 34.9. The van der Waals surface area contributed by atoms with Crippen LogP contribution in [0.5, 0.6) is 0 Å². The average molecular weight is 562 g/mol. The number of nitrogens with one attached hydrogen (secondary N) is 2. The molecule has 0 radical (unpaired) electrons. The smallest absolute Gasteiger partial charge is 0.408 e. The topological polar surface area (TPSA) is 114 Å². The molecule has 3 atom stereocenters. The van der Waals surface area contributed by atoms with Gasteiger partial charge in [0.2, 0.25) is 11.8 Å². The lowest BCUT2D eigenvalue weighted by Crippen LogP contribution is -2.57. The highest BCUT2D eigenvalue weighted by Gasteiger charge is 2.35. The molecule has 1 rings (SSSR count). The number of hydrogen-bond donors (Lipinski definition) is 2. The van der Waals surface area contributed by atoms with Gasteiger partial charge in [0.25, 0.3) is 0 Å². The largest absolute Gasteiger partial charge is 0.459 e. The van der Waals surface area contributed by atoms with Crippen LogP contribution in [0, 0.1) is 17.8 Å². The lowest BCUT2D eigenvalue weighted by atomic mass is 9.98. The fraction of sp³-hybridized carbons (Fsp3) is 0.677. The number of carbonyl (C=O) groups excluding carboxylic acids is 4. The number of alkyl carbamates (subject to hydrolysis) is 1. The third kappa shape index (κ3) is 13.3. The summed E-state index contributed by atoms with van der Waals surface area (Å²) in [5, 5.41) is 5.55. The van der Waals surface area contributed by atoms with E-state index in [2.05, 4.69) is 10.6 Å². The van der Waals surface area contributed by atoms with Gasteiger partial charge in [0.1, 0.15) is 30.3 Å². The van der Waals surface area contributed by atoms with Crippen molar-refractivity contribution < 1.29 is 28.7 Å². The first-order valence-electron chi connectivity index (χ1n) is 14.3. The summed E-state index contributed by atoms with van der Waals surface area (Å²) in [5.74, 6) is -1.05. The second kappa shape index (κ2) is 16.2. The van der Waals surface area contributed by atoms with Crippen molar-refractivity contribution in [1.29, 1.82) is 0 Å². The summed E-state index contributed by atoms with van der Waals surface area (Å²) in [6.45, 7) is 17.1. The van der Waals surface area contributed by atoms with E-state index in [1.165, 1.54) is 4.90 Å². The molecule has 0 aromatic heterocycles. The van der Waals surface area contributed by atoms with E-state index < -0.39 is 47.6 Å². The van der Waals surface area contributed by atoms with Crippen molar-refractivity contribution in [3.05, 3.63) is 35.9 Å². The highest BCUT2D eigenvalue weighted by atomic mass is 16.6. The van der Waals surface area contributed by atoms with Crippen molar-refractivity contribution in [2.45, 2.75) is 112 Å². The van der Waals surface area contributed by atoms with Crippen LogP contribution in [-0.2, 0) is 30.5 Å². The van der Waals surface area contributed by atoms with E-state index in [1.807, 2.05) is 71.9 Å². The number of carbonyl (C=O) groups is 4. The second-order valence-electron chi connectivity index (χ2n) is 12.7. The minimum atomic E-state index is -0.871. The van der Waals surface area contributed by atoms with E-state index in [0.29, 0.717) is 19.3 Å². The van der Waals surface area contributed by atoms with E-state index in [0.717, 1.165) is 5.56 Å². The number of rotatable bonds is 14. The fourth-order valence-corrected chi connectivity index (χ4v) is 4.21. The van der Waals surface area contributed by atoms with Crippen molar-refractivity contribution in [2.75, 3.05) is 7.05 Å². The maximum absolute atomic E-state index is 13.6. The van der Waals surface area contributed by atoms with E-state index in [1.54, 1.807) is 27.8 Å². The van der Waals surface area contributed by atoms with E-state index in [-0.39, 0.29) is 24.4 Å². The number of ether oxygens (including phenoxy) is 2. The zero-order chi connectivity index (χ0) is 30.6. The van der Waals surface area contributed by atoms with Crippen molar-refractivity contribution in [3.8, 4) is 0 Å². The number of nitrogens with zero attached hydrogens (tertiary/aromatic N) is 1. The summed E-state index contributed by atoms with van der Waals surface area (Å²) < 4.78 is 10.9. The van der Waals surface area contributed by atoms with Gasteiger partial charge >= 0.3 is 12.1 Å². The second-order valence-corrected chi connectivity index (χ2v) is 12.7. The molecule has 0 aliphatic heterocycles. The number of hydrogen-bond acceptors (Lipinski definition) is 6. The molecule has 40 heavy (non-hydrogen) atoms. The van der Waals surface area contributed by atoms with Crippen LogP contribution in [0.3, 0.4) is 0 Å². The van der Waals surface area contributed by atoms with Gasteiger partial charge in [-0.3, -0.25) is 9.59 Å². The molecule has 0 bridgehead atoms. The van der Waals surface area contributed by atoms with Gasteiger partial charge in [0, 0.05) is 7.05 Å². The highest BCUT2D eigenvalue weighted by molar-refractivity contribution is 5.93. The van der Waals surface area contributed by atoms with Gasteiger partial charge in [-0.25, -0.2) is 9.59 Å². The quantitative estimate of drug-likeness (QED) is 0.307. The van der Waals surface area contributed by atoms with Crippen LogP contribution in [0.4, 0.5) is 4.79 Å². The molecule has 2 N–H and O–H groups in total. The van der Waals surface area contributed by atoms with Gasteiger partial charge in [-0.15, -0.1) is 0 Å². The van der Waals surface area contributed by atoms with Crippen LogP contribution in [0.2, 0.25) is 0 Å². The molecule has 0 heterocycles. The van der Waals surface area contributed by atoms with Crippen LogP contribution in [0.15, 0.2) is 30.3 Å². The van der Waals surface area contributed by atoms with Gasteiger partial charge in [-0.2, -0.15) is 0 Å². The third-order valence-corrected chi connectivity index (χ3v) is 6.04. The molecular weight excluding hydrogens is 510 g/mol. The number of esters is 1. The lowest BCUT2D eigenvalue weighted by molar-refractivity contribution is -0.150. The predicted molar refractivity (Wildman–Crippen MR) is 156 cm³/mol. The highest BCUT2D eigenvalue weighted by Crippen LogP contribution is 2.17. The fourth-order valence-electron chi connectivity index (χ4n) is 4.21. The van der Waals surface area contributed by atoms with Crippen LogP contribution >= 0.6 is 0 Å². The Bertz CT molecular complexity index is 956. The normalized spacial score (nSPS) is 13.9. The monoisotopic (exact) mass is 561 g/mol. The molecule has 0 unspecified atom stereocenters. The molecule has 0 saturated carbocycles. The summed E-state index contributed by atoms with van der Waals surface area (Å²) in [4.78, 5) is 54.2. The molecule has 9 heteroatoms. The van der Waals surface area contributed by atoms with Crippen molar-refractivity contribution in [2.24, 2.45) is 17.8 Å². The zero-order valence-corrected chi connectivity index (χ0v) is 26.1. The van der Waals surface area contributed by atoms with Gasteiger partial charge < -0.3 is 25.0 Å². The molecule has 0 aliphatic carbocycles. The molecule has 1 aromatic carbocycles. The van der Waals surface area contributed by atoms with Crippen LogP contribution < -0.4 is 10.6 Å². The summed E-state index contributed by atoms with van der Waals surface area (Å²) in [5.41, 5.74) is 0.129. The molecule has 1 aromatic rings. The maximum Gasteiger partial charge on any atom is 0.408 e. The first-order valence-corrected chi connectivity index (χ1v) is 14.3. The Hall–Kier alpha value is -3.10. The number of likely N-dealkylation sites (N-methyl/N-ethyl adjacent to an activating group) is 1. The van der Waals surface area contributed by atoms with Crippen molar-refractivity contribution in [1.82, 2.24) is 15.5 Å². The standard InChI is InChI=1S/C31H51N3O6/c1-20(2)16-24(33-30(38)40-31(7,8)9)28(36)34(10)26(18-22(5)6)27(35)32-25(17-21(3)4)29(37)39-19-23-14-12-11-13-15-23/h11-15,20-22,24-26H,16-19H2,1-10H3,(H,32,35)(H,33,38)/t24-,25+,26+/m0/s1. The molecule has 0 aliphatic rings. The summed E-state index contributed by atoms with van der Waals surface area (Å²) in [6.07, 6.45) is 0.451. The Kier molecular flexibility index (Phi) is 14.2. The zero-order valence-electron chi connectivity index (χ0n) is 26.1. The van der Waals surface area contributed by atoms with Crippen LogP contribution in [0.1, 0.15) is 87.1 Å². The summed E-state index contributed by atoms with van der Waals surface area (Å²) in [6, 6.07) is 6.76. The maximum atomic E-state index is 13.6. The Morgan fingerprint density at radius 1 is 0.800 bits per heavy atom. The molecular formula is C31H51N3O6. The Labute approximate surface area is 240 Å². The summed E-state index contributed by atoms with van der Waals surface area (Å²) >= 11 is 0. The van der Waals surface area contributed by atoms with E-state index >= 15 is 0 Å². The van der Waals surface area contributed by atoms with Crippen LogP contribution in [-0.4, -0.2) is 59.6 Å². The minimum absolute atomic E-state index is 0.0851. The van der Waals surface area contributed by atoms with Crippen LogP contribution in [0.25, 0.3) is 0 Å². The molecule has 9 nitrogen and oxygen atoms in total. The van der Waals surface area contributed by atoms with Gasteiger partial charge in [0.15, 0.2) is 0 Å². The predicted octanol–water partition coefficient (Wildman–Crippen LogP) is 5.07. The molecule has 0 fully saturated rings. The first-order chi connectivity index (χ1) is 18.5. The third-order valence-electron chi connectivity index (χ3n) is 6.04. The van der Waals surface area contributed by atoms with Crippen molar-refractivity contribution in [3.63, 3.8) is 0 Å². The minimum Gasteiger partial charge on any atom is -0.459 e. The van der Waals surface area contributed by atoms with Gasteiger partial charge in [-0.1, -0.05) is 71.9 Å². The van der Waals surface area contributed by atoms with Gasteiger partial charge in [-0.05, 0) is 63.4 Å². The Morgan fingerprint density at radius 3 is 1.82 bits per heavy atom. The van der Waals surface area contributed by atoms with E-state index in [4.69, 9.17) is 9.47 Å². The lowest BCUT2D eigenvalue weighted by Gasteiger charge is -2.33.